The van der Waals surface area contributed by atoms with Crippen molar-refractivity contribution < 1.29 is 26.0 Å². The fourth-order valence-corrected chi connectivity index (χ4v) is 6.24. The van der Waals surface area contributed by atoms with Crippen LogP contribution < -0.4 is 14.8 Å². The minimum absolute atomic E-state index is 0.0449. The van der Waals surface area contributed by atoms with Gasteiger partial charge in [-0.2, -0.15) is 0 Å². The van der Waals surface area contributed by atoms with E-state index in [0.717, 1.165) is 30.3 Å². The van der Waals surface area contributed by atoms with Crippen LogP contribution in [0.2, 0.25) is 10.0 Å². The van der Waals surface area contributed by atoms with E-state index in [1.165, 1.54) is 48.5 Å². The molecule has 0 saturated carbocycles. The van der Waals surface area contributed by atoms with E-state index in [-0.39, 0.29) is 42.5 Å². The fourth-order valence-electron chi connectivity index (χ4n) is 3.32. The summed E-state index contributed by atoms with van der Waals surface area (Å²) in [6.45, 7) is 0. The van der Waals surface area contributed by atoms with E-state index in [4.69, 9.17) is 23.2 Å². The molecule has 8 nitrogen and oxygen atoms in total. The molecule has 4 aromatic carbocycles. The minimum atomic E-state index is -4.19. The summed E-state index contributed by atoms with van der Waals surface area (Å²) in [6.07, 6.45) is 0. The Hall–Kier alpha value is -3.64. The standard InChI is InChI=1S/C25H18Cl2FN3O5S2/c26-20-6-2-4-8-23(20)31-38(35,36)24-15-17(11-14-21(24)27)29-25(32)19-5-1-3-7-22(19)30-37(33,34)18-12-9-16(28)10-13-18/h1-15,30-31H,(H,29,32). The number of amides is 1. The molecule has 0 bridgehead atoms. The van der Waals surface area contributed by atoms with Crippen LogP contribution in [0.1, 0.15) is 10.4 Å². The second-order valence-electron chi connectivity index (χ2n) is 7.79. The number of sulfonamides is 2. The fraction of sp³-hybridized carbons (Fsp3) is 0. The lowest BCUT2D eigenvalue weighted by molar-refractivity contribution is 0.102. The van der Waals surface area contributed by atoms with Crippen LogP contribution in [-0.4, -0.2) is 22.7 Å². The predicted molar refractivity (Wildman–Crippen MR) is 145 cm³/mol. The van der Waals surface area contributed by atoms with E-state index in [1.54, 1.807) is 12.1 Å². The second-order valence-corrected chi connectivity index (χ2v) is 11.9. The Balaban J connectivity index is 1.59. The monoisotopic (exact) mass is 593 g/mol. The average molecular weight is 594 g/mol. The summed E-state index contributed by atoms with van der Waals surface area (Å²) in [7, 11) is -8.33. The van der Waals surface area contributed by atoms with E-state index in [9.17, 15) is 26.0 Å². The number of carbonyl (C=O) groups is 1. The molecular formula is C25H18Cl2FN3O5S2. The molecular weight excluding hydrogens is 576 g/mol. The minimum Gasteiger partial charge on any atom is -0.322 e. The third-order valence-electron chi connectivity index (χ3n) is 5.14. The Morgan fingerprint density at radius 1 is 0.684 bits per heavy atom. The smallest absolute Gasteiger partial charge is 0.263 e. The van der Waals surface area contributed by atoms with Gasteiger partial charge in [-0.25, -0.2) is 21.2 Å². The maximum absolute atomic E-state index is 13.2. The van der Waals surface area contributed by atoms with E-state index in [0.29, 0.717) is 0 Å². The number of hydrogen-bond acceptors (Lipinski definition) is 5. The van der Waals surface area contributed by atoms with Gasteiger partial charge in [0.15, 0.2) is 0 Å². The molecule has 0 atom stereocenters. The van der Waals surface area contributed by atoms with Crippen molar-refractivity contribution in [1.82, 2.24) is 0 Å². The number of halogens is 3. The summed E-state index contributed by atoms with van der Waals surface area (Å²) in [6, 6.07) is 20.0. The zero-order chi connectivity index (χ0) is 27.5. The lowest BCUT2D eigenvalue weighted by Gasteiger charge is -2.14. The average Bonchev–Trinajstić information content (AvgIpc) is 2.86. The van der Waals surface area contributed by atoms with Gasteiger partial charge in [0.2, 0.25) is 0 Å². The summed E-state index contributed by atoms with van der Waals surface area (Å²) < 4.78 is 69.3. The first-order chi connectivity index (χ1) is 18.0. The Morgan fingerprint density at radius 3 is 1.97 bits per heavy atom. The third-order valence-corrected chi connectivity index (χ3v) is 8.69. The molecule has 0 unspecified atom stereocenters. The van der Waals surface area contributed by atoms with Gasteiger partial charge in [0.25, 0.3) is 26.0 Å². The summed E-state index contributed by atoms with van der Waals surface area (Å²) in [5.41, 5.74) is 0.125. The predicted octanol–water partition coefficient (Wildman–Crippen LogP) is 5.99. The molecule has 0 heterocycles. The Bertz CT molecular complexity index is 1730. The van der Waals surface area contributed by atoms with Crippen LogP contribution in [0.25, 0.3) is 0 Å². The molecule has 4 aromatic rings. The molecule has 4 rings (SSSR count). The Labute approximate surface area is 228 Å². The Kier molecular flexibility index (Phi) is 7.93. The first kappa shape index (κ1) is 27.4. The number of nitrogens with one attached hydrogen (secondary N) is 3. The largest absolute Gasteiger partial charge is 0.322 e. The van der Waals surface area contributed by atoms with Gasteiger partial charge >= 0.3 is 0 Å². The molecule has 0 aromatic heterocycles. The quantitative estimate of drug-likeness (QED) is 0.232. The molecule has 0 aliphatic rings. The summed E-state index contributed by atoms with van der Waals surface area (Å²) >= 11 is 12.2. The SMILES string of the molecule is O=C(Nc1ccc(Cl)c(S(=O)(=O)Nc2ccccc2Cl)c1)c1ccccc1NS(=O)(=O)c1ccc(F)cc1. The molecule has 0 aliphatic carbocycles. The van der Waals surface area contributed by atoms with Gasteiger partial charge in [-0.15, -0.1) is 0 Å². The highest BCUT2D eigenvalue weighted by molar-refractivity contribution is 7.93. The molecule has 0 fully saturated rings. The van der Waals surface area contributed by atoms with Crippen LogP contribution >= 0.6 is 23.2 Å². The van der Waals surface area contributed by atoms with Gasteiger partial charge in [-0.05, 0) is 66.7 Å². The van der Waals surface area contributed by atoms with Crippen molar-refractivity contribution in [3.8, 4) is 0 Å². The van der Waals surface area contributed by atoms with Crippen LogP contribution in [0, 0.1) is 5.82 Å². The van der Waals surface area contributed by atoms with Crippen LogP contribution in [0.3, 0.4) is 0 Å². The summed E-state index contributed by atoms with van der Waals surface area (Å²) in [4.78, 5) is 12.6. The molecule has 0 spiro atoms. The highest BCUT2D eigenvalue weighted by Crippen LogP contribution is 2.30. The number of anilines is 3. The van der Waals surface area contributed by atoms with Crippen LogP contribution in [0.5, 0.6) is 0 Å². The van der Waals surface area contributed by atoms with E-state index in [1.807, 2.05) is 0 Å². The van der Waals surface area contributed by atoms with Crippen LogP contribution in [-0.2, 0) is 20.0 Å². The Morgan fingerprint density at radius 2 is 1.29 bits per heavy atom. The lowest BCUT2D eigenvalue weighted by Crippen LogP contribution is -2.19. The van der Waals surface area contributed by atoms with Gasteiger partial charge in [0, 0.05) is 5.69 Å². The molecule has 0 aliphatic heterocycles. The first-order valence-corrected chi connectivity index (χ1v) is 14.4. The maximum Gasteiger partial charge on any atom is 0.263 e. The highest BCUT2D eigenvalue weighted by atomic mass is 35.5. The van der Waals surface area contributed by atoms with Crippen molar-refractivity contribution in [1.29, 1.82) is 0 Å². The topological polar surface area (TPSA) is 121 Å². The van der Waals surface area contributed by atoms with Gasteiger partial charge < -0.3 is 5.32 Å². The van der Waals surface area contributed by atoms with Crippen molar-refractivity contribution in [2.24, 2.45) is 0 Å². The van der Waals surface area contributed by atoms with Crippen molar-refractivity contribution in [3.63, 3.8) is 0 Å². The number of carbonyl (C=O) groups excluding carboxylic acids is 1. The van der Waals surface area contributed by atoms with Crippen molar-refractivity contribution in [2.75, 3.05) is 14.8 Å². The molecule has 38 heavy (non-hydrogen) atoms. The molecule has 0 radical (unpaired) electrons. The van der Waals surface area contributed by atoms with Gasteiger partial charge in [-0.3, -0.25) is 14.2 Å². The molecule has 0 saturated heterocycles. The maximum atomic E-state index is 13.2. The normalized spacial score (nSPS) is 11.6. The molecule has 13 heteroatoms. The third kappa shape index (κ3) is 6.25. The zero-order valence-electron chi connectivity index (χ0n) is 19.2. The molecule has 196 valence electrons. The first-order valence-electron chi connectivity index (χ1n) is 10.7. The molecule has 1 amide bonds. The highest BCUT2D eigenvalue weighted by Gasteiger charge is 2.22. The van der Waals surface area contributed by atoms with Crippen LogP contribution in [0.15, 0.2) is 101 Å². The van der Waals surface area contributed by atoms with Crippen molar-refractivity contribution >= 4 is 66.2 Å². The number of para-hydroxylation sites is 2. The summed E-state index contributed by atoms with van der Waals surface area (Å²) in [5, 5.41) is 2.62. The van der Waals surface area contributed by atoms with Crippen molar-refractivity contribution in [3.05, 3.63) is 112 Å². The summed E-state index contributed by atoms with van der Waals surface area (Å²) in [5.74, 6) is -1.33. The van der Waals surface area contributed by atoms with Gasteiger partial charge in [0.1, 0.15) is 10.7 Å². The van der Waals surface area contributed by atoms with Crippen molar-refractivity contribution in [2.45, 2.75) is 9.79 Å². The number of hydrogen-bond donors (Lipinski definition) is 3. The number of benzene rings is 4. The number of rotatable bonds is 8. The van der Waals surface area contributed by atoms with E-state index in [2.05, 4.69) is 14.8 Å². The van der Waals surface area contributed by atoms with Gasteiger partial charge in [-0.1, -0.05) is 47.5 Å². The molecule has 3 N–H and O–H groups in total. The second kappa shape index (κ2) is 11.0. The van der Waals surface area contributed by atoms with Crippen LogP contribution in [0.4, 0.5) is 21.5 Å². The van der Waals surface area contributed by atoms with E-state index < -0.39 is 31.8 Å². The zero-order valence-corrected chi connectivity index (χ0v) is 22.3. The van der Waals surface area contributed by atoms with E-state index >= 15 is 0 Å². The lowest BCUT2D eigenvalue weighted by atomic mass is 10.1. The van der Waals surface area contributed by atoms with Gasteiger partial charge in [0.05, 0.1) is 31.9 Å².